The second-order valence-corrected chi connectivity index (χ2v) is 9.19. The molecule has 6 nitrogen and oxygen atoms in total. The molecule has 1 rings (SSSR count). The van der Waals surface area contributed by atoms with Crippen LogP contribution < -0.4 is 16.8 Å². The molecule has 2 unspecified atom stereocenters. The van der Waals surface area contributed by atoms with E-state index < -0.39 is 0 Å². The first kappa shape index (κ1) is 33.7. The van der Waals surface area contributed by atoms with Crippen molar-refractivity contribution < 1.29 is 9.59 Å². The van der Waals surface area contributed by atoms with Crippen molar-refractivity contribution in [1.29, 1.82) is 0 Å². The maximum atomic E-state index is 11.8. The summed E-state index contributed by atoms with van der Waals surface area (Å²) in [5.74, 6) is 1.51. The summed E-state index contributed by atoms with van der Waals surface area (Å²) in [6.45, 7) is 14.6. The molecule has 33 heavy (non-hydrogen) atoms. The SMILES string of the molecule is CC.CCCC(CCC)CCC(N=C(N)C(C)CC)C(C)=O.NC(=O)CNC1CCCCC1. The molecule has 0 aromatic rings. The van der Waals surface area contributed by atoms with Crippen LogP contribution in [0.3, 0.4) is 0 Å². The van der Waals surface area contributed by atoms with Gasteiger partial charge in [-0.1, -0.05) is 86.5 Å². The fourth-order valence-electron chi connectivity index (χ4n) is 4.07. The van der Waals surface area contributed by atoms with Gasteiger partial charge in [0.05, 0.1) is 12.4 Å². The molecule has 196 valence electrons. The minimum atomic E-state index is -0.254. The van der Waals surface area contributed by atoms with Gasteiger partial charge in [-0.15, -0.1) is 0 Å². The molecule has 0 aromatic heterocycles. The summed E-state index contributed by atoms with van der Waals surface area (Å²) in [5.41, 5.74) is 11.0. The van der Waals surface area contributed by atoms with E-state index in [4.69, 9.17) is 11.5 Å². The third-order valence-corrected chi connectivity index (χ3v) is 6.30. The summed E-state index contributed by atoms with van der Waals surface area (Å²) in [5, 5.41) is 3.15. The van der Waals surface area contributed by atoms with E-state index >= 15 is 0 Å². The Morgan fingerprint density at radius 2 is 1.48 bits per heavy atom. The molecule has 1 aliphatic carbocycles. The molecule has 0 bridgehead atoms. The van der Waals surface area contributed by atoms with Crippen LogP contribution in [-0.2, 0) is 9.59 Å². The largest absolute Gasteiger partial charge is 0.387 e. The maximum absolute atomic E-state index is 11.8. The topological polar surface area (TPSA) is 111 Å². The van der Waals surface area contributed by atoms with E-state index in [1.54, 1.807) is 6.92 Å². The van der Waals surface area contributed by atoms with Gasteiger partial charge in [-0.25, -0.2) is 0 Å². The number of carbonyl (C=O) groups is 2. The van der Waals surface area contributed by atoms with E-state index in [0.717, 1.165) is 25.2 Å². The number of nitrogens with two attached hydrogens (primary N) is 2. The first-order valence-corrected chi connectivity index (χ1v) is 13.6. The first-order valence-electron chi connectivity index (χ1n) is 13.6. The number of ketones is 1. The number of Topliss-reactive ketones (excluding diaryl/α,β-unsaturated/α-hetero) is 1. The Bertz CT molecular complexity index is 510. The van der Waals surface area contributed by atoms with Crippen molar-refractivity contribution in [3.63, 3.8) is 0 Å². The van der Waals surface area contributed by atoms with Crippen molar-refractivity contribution in [3.05, 3.63) is 0 Å². The monoisotopic (exact) mass is 468 g/mol. The molecule has 6 heteroatoms. The van der Waals surface area contributed by atoms with Crippen molar-refractivity contribution in [1.82, 2.24) is 5.32 Å². The van der Waals surface area contributed by atoms with Gasteiger partial charge in [0.15, 0.2) is 5.78 Å². The number of rotatable bonds is 14. The second kappa shape index (κ2) is 22.4. The number of hydrogen-bond acceptors (Lipinski definition) is 4. The molecule has 0 radical (unpaired) electrons. The van der Waals surface area contributed by atoms with Gasteiger partial charge in [0.25, 0.3) is 0 Å². The van der Waals surface area contributed by atoms with Crippen molar-refractivity contribution in [2.75, 3.05) is 6.54 Å². The van der Waals surface area contributed by atoms with Crippen LogP contribution in [0.25, 0.3) is 0 Å². The number of primary amides is 1. The van der Waals surface area contributed by atoms with Crippen molar-refractivity contribution >= 4 is 17.5 Å². The summed E-state index contributed by atoms with van der Waals surface area (Å²) in [7, 11) is 0. The third kappa shape index (κ3) is 18.7. The number of amidine groups is 1. The third-order valence-electron chi connectivity index (χ3n) is 6.30. The van der Waals surface area contributed by atoms with E-state index in [1.165, 1.54) is 57.8 Å². The molecule has 0 saturated heterocycles. The van der Waals surface area contributed by atoms with E-state index in [2.05, 4.69) is 38.0 Å². The van der Waals surface area contributed by atoms with Crippen LogP contribution in [-0.4, -0.2) is 36.2 Å². The van der Waals surface area contributed by atoms with E-state index in [-0.39, 0.29) is 23.7 Å². The summed E-state index contributed by atoms with van der Waals surface area (Å²) in [6, 6.07) is 0.302. The fourth-order valence-corrected chi connectivity index (χ4v) is 4.07. The molecule has 2 atom stereocenters. The van der Waals surface area contributed by atoms with Crippen molar-refractivity contribution in [3.8, 4) is 0 Å². The highest BCUT2D eigenvalue weighted by molar-refractivity contribution is 5.88. The number of nitrogens with one attached hydrogen (secondary N) is 1. The normalized spacial score (nSPS) is 16.2. The molecule has 1 amide bonds. The predicted molar refractivity (Wildman–Crippen MR) is 144 cm³/mol. The molecular weight excluding hydrogens is 412 g/mol. The predicted octanol–water partition coefficient (Wildman–Crippen LogP) is 5.76. The summed E-state index contributed by atoms with van der Waals surface area (Å²) < 4.78 is 0. The Balaban J connectivity index is 0. The molecule has 5 N–H and O–H groups in total. The zero-order valence-electron chi connectivity index (χ0n) is 22.9. The maximum Gasteiger partial charge on any atom is 0.231 e. The standard InChI is InChI=1S/C17H34N2O.C8H16N2O.C2H6/c1-6-9-15(10-7-2)11-12-16(14(5)20)19-17(18)13(4)8-3;9-8(11)6-10-7-4-2-1-3-5-7;1-2/h13,15-16H,6-12H2,1-5H3,(H2,18,19);7,10H,1-6H2,(H2,9,11);1-2H3. The summed E-state index contributed by atoms with van der Waals surface area (Å²) in [4.78, 5) is 26.6. The minimum Gasteiger partial charge on any atom is -0.387 e. The van der Waals surface area contributed by atoms with Crippen LogP contribution in [0.5, 0.6) is 0 Å². The van der Waals surface area contributed by atoms with E-state index in [1.807, 2.05) is 13.8 Å². The van der Waals surface area contributed by atoms with E-state index in [0.29, 0.717) is 18.4 Å². The molecule has 1 aliphatic rings. The second-order valence-electron chi connectivity index (χ2n) is 9.19. The van der Waals surface area contributed by atoms with Crippen LogP contribution in [0.2, 0.25) is 0 Å². The molecule has 0 aromatic carbocycles. The van der Waals surface area contributed by atoms with Gasteiger partial charge >= 0.3 is 0 Å². The van der Waals surface area contributed by atoms with Gasteiger partial charge < -0.3 is 16.8 Å². The fraction of sp³-hybridized carbons (Fsp3) is 0.889. The molecule has 1 fully saturated rings. The highest BCUT2D eigenvalue weighted by Gasteiger charge is 2.17. The zero-order chi connectivity index (χ0) is 25.6. The quantitative estimate of drug-likeness (QED) is 0.222. The van der Waals surface area contributed by atoms with Gasteiger partial charge in [-0.3, -0.25) is 14.6 Å². The lowest BCUT2D eigenvalue weighted by Gasteiger charge is -2.21. The van der Waals surface area contributed by atoms with Crippen LogP contribution >= 0.6 is 0 Å². The van der Waals surface area contributed by atoms with Gasteiger partial charge in [0.1, 0.15) is 6.04 Å². The van der Waals surface area contributed by atoms with Gasteiger partial charge in [0, 0.05) is 12.0 Å². The van der Waals surface area contributed by atoms with Gasteiger partial charge in [-0.2, -0.15) is 0 Å². The van der Waals surface area contributed by atoms with Gasteiger partial charge in [-0.05, 0) is 44.9 Å². The highest BCUT2D eigenvalue weighted by Crippen LogP contribution is 2.21. The van der Waals surface area contributed by atoms with Crippen LogP contribution in [0.15, 0.2) is 4.99 Å². The number of nitrogens with zero attached hydrogens (tertiary/aromatic N) is 1. The summed E-state index contributed by atoms with van der Waals surface area (Å²) in [6.07, 6.45) is 14.2. The molecule has 0 spiro atoms. The Hall–Kier alpha value is -1.43. The van der Waals surface area contributed by atoms with Crippen molar-refractivity contribution in [2.45, 2.75) is 138 Å². The first-order chi connectivity index (χ1) is 15.7. The number of hydrogen-bond donors (Lipinski definition) is 3. The lowest BCUT2D eigenvalue weighted by Crippen LogP contribution is -2.37. The average Bonchev–Trinajstić information content (AvgIpc) is 2.82. The molecule has 0 aliphatic heterocycles. The smallest absolute Gasteiger partial charge is 0.231 e. The Morgan fingerprint density at radius 1 is 0.939 bits per heavy atom. The number of carbonyl (C=O) groups excluding carboxylic acids is 2. The number of amides is 1. The lowest BCUT2D eigenvalue weighted by molar-refractivity contribution is -0.118. The van der Waals surface area contributed by atoms with E-state index in [9.17, 15) is 9.59 Å². The summed E-state index contributed by atoms with van der Waals surface area (Å²) >= 11 is 0. The van der Waals surface area contributed by atoms with Gasteiger partial charge in [0.2, 0.25) is 5.91 Å². The molecular formula is C27H56N4O2. The molecule has 0 heterocycles. The average molecular weight is 469 g/mol. The Kier molecular flexibility index (Phi) is 22.9. The highest BCUT2D eigenvalue weighted by atomic mass is 16.1. The Labute approximate surface area is 205 Å². The molecule has 1 saturated carbocycles. The van der Waals surface area contributed by atoms with Crippen LogP contribution in [0.4, 0.5) is 0 Å². The van der Waals surface area contributed by atoms with Crippen molar-refractivity contribution in [2.24, 2.45) is 28.3 Å². The van der Waals surface area contributed by atoms with Crippen LogP contribution in [0, 0.1) is 11.8 Å². The number of aliphatic imine (C=N–C) groups is 1. The van der Waals surface area contributed by atoms with Crippen LogP contribution in [0.1, 0.15) is 126 Å². The Morgan fingerprint density at radius 3 is 1.91 bits per heavy atom. The lowest BCUT2D eigenvalue weighted by atomic mass is 9.91. The minimum absolute atomic E-state index is 0.142. The zero-order valence-corrected chi connectivity index (χ0v) is 22.9.